The van der Waals surface area contributed by atoms with Crippen molar-refractivity contribution >= 4 is 17.8 Å². The number of likely N-dealkylation sites (tertiary alicyclic amines) is 1. The second-order valence-electron chi connectivity index (χ2n) is 4.22. The Bertz CT molecular complexity index is 342. The van der Waals surface area contributed by atoms with E-state index >= 15 is 0 Å². The Morgan fingerprint density at radius 2 is 2.12 bits per heavy atom. The van der Waals surface area contributed by atoms with Crippen LogP contribution in [0.3, 0.4) is 0 Å². The second-order valence-corrected chi connectivity index (χ2v) is 4.22. The first-order chi connectivity index (χ1) is 7.59. The minimum absolute atomic E-state index is 0.0859. The van der Waals surface area contributed by atoms with E-state index < -0.39 is 18.1 Å². The predicted octanol–water partition coefficient (Wildman–Crippen LogP) is -0.659. The van der Waals surface area contributed by atoms with Gasteiger partial charge in [-0.25, -0.2) is 0 Å². The summed E-state index contributed by atoms with van der Waals surface area (Å²) in [5.41, 5.74) is 0. The molecule has 2 saturated heterocycles. The zero-order chi connectivity index (χ0) is 11.7. The molecule has 2 rings (SSSR count). The summed E-state index contributed by atoms with van der Waals surface area (Å²) >= 11 is 0. The molecule has 0 aromatic carbocycles. The van der Waals surface area contributed by atoms with Crippen LogP contribution in [-0.2, 0) is 14.4 Å². The summed E-state index contributed by atoms with van der Waals surface area (Å²) in [5, 5.41) is 11.3. The summed E-state index contributed by atoms with van der Waals surface area (Å²) < 4.78 is 0. The third-order valence-electron chi connectivity index (χ3n) is 3.17. The number of hydrogen-bond acceptors (Lipinski definition) is 4. The molecule has 0 saturated carbocycles. The van der Waals surface area contributed by atoms with Gasteiger partial charge in [0, 0.05) is 0 Å². The monoisotopic (exact) mass is 226 g/mol. The van der Waals surface area contributed by atoms with Gasteiger partial charge in [0.1, 0.15) is 6.04 Å². The molecule has 0 aromatic heterocycles. The van der Waals surface area contributed by atoms with Crippen molar-refractivity contribution in [3.05, 3.63) is 0 Å². The molecule has 0 bridgehead atoms. The number of hydrogen-bond donors (Lipinski definition) is 2. The molecule has 2 N–H and O–H groups in total. The molecule has 2 unspecified atom stereocenters. The Morgan fingerprint density at radius 3 is 2.69 bits per heavy atom. The van der Waals surface area contributed by atoms with Gasteiger partial charge in [0.25, 0.3) is 0 Å². The average molecular weight is 226 g/mol. The number of rotatable bonds is 2. The lowest BCUT2D eigenvalue weighted by atomic mass is 9.99. The molecule has 2 aliphatic rings. The molecule has 6 heteroatoms. The van der Waals surface area contributed by atoms with Crippen LogP contribution >= 0.6 is 0 Å². The van der Waals surface area contributed by atoms with Gasteiger partial charge >= 0.3 is 5.97 Å². The number of imide groups is 1. The van der Waals surface area contributed by atoms with Crippen LogP contribution in [0, 0.1) is 0 Å². The van der Waals surface area contributed by atoms with Crippen molar-refractivity contribution in [1.29, 1.82) is 0 Å². The highest BCUT2D eigenvalue weighted by molar-refractivity contribution is 6.05. The summed E-state index contributed by atoms with van der Waals surface area (Å²) in [6.45, 7) is 0.572. The largest absolute Gasteiger partial charge is 0.480 e. The standard InChI is InChI=1S/C10H14N2O4/c13-8-5-7(9(14)11-8)12-4-2-1-3-6(12)10(15)16/h6-7H,1-5H2,(H,15,16)(H,11,13,14). The SMILES string of the molecule is O=C1CC(N2CCCCC2C(=O)O)C(=O)N1. The van der Waals surface area contributed by atoms with Crippen molar-refractivity contribution in [2.45, 2.75) is 37.8 Å². The third-order valence-corrected chi connectivity index (χ3v) is 3.17. The van der Waals surface area contributed by atoms with E-state index in [1.54, 1.807) is 4.90 Å². The number of nitrogens with zero attached hydrogens (tertiary/aromatic N) is 1. The fourth-order valence-electron chi connectivity index (χ4n) is 2.40. The fourth-order valence-corrected chi connectivity index (χ4v) is 2.40. The molecular weight excluding hydrogens is 212 g/mol. The van der Waals surface area contributed by atoms with E-state index in [0.717, 1.165) is 12.8 Å². The molecule has 88 valence electrons. The molecule has 0 aromatic rings. The topological polar surface area (TPSA) is 86.7 Å². The van der Waals surface area contributed by atoms with Crippen molar-refractivity contribution in [2.75, 3.05) is 6.54 Å². The van der Waals surface area contributed by atoms with Gasteiger partial charge in [-0.05, 0) is 19.4 Å². The first-order valence-electron chi connectivity index (χ1n) is 5.42. The van der Waals surface area contributed by atoms with E-state index in [0.29, 0.717) is 13.0 Å². The number of carbonyl (C=O) groups is 3. The van der Waals surface area contributed by atoms with Crippen LogP contribution in [0.2, 0.25) is 0 Å². The van der Waals surface area contributed by atoms with Crippen molar-refractivity contribution in [3.8, 4) is 0 Å². The normalized spacial score (nSPS) is 31.5. The van der Waals surface area contributed by atoms with Gasteiger partial charge in [0.2, 0.25) is 11.8 Å². The quantitative estimate of drug-likeness (QED) is 0.610. The Balaban J connectivity index is 2.14. The summed E-state index contributed by atoms with van der Waals surface area (Å²) in [5.74, 6) is -1.59. The van der Waals surface area contributed by atoms with Crippen molar-refractivity contribution < 1.29 is 19.5 Å². The molecule has 2 fully saturated rings. The van der Waals surface area contributed by atoms with E-state index in [2.05, 4.69) is 5.32 Å². The number of piperidine rings is 1. The number of amides is 2. The van der Waals surface area contributed by atoms with Gasteiger partial charge in [-0.1, -0.05) is 6.42 Å². The number of nitrogens with one attached hydrogen (secondary N) is 1. The van der Waals surface area contributed by atoms with E-state index in [1.165, 1.54) is 0 Å². The van der Waals surface area contributed by atoms with Crippen molar-refractivity contribution in [3.63, 3.8) is 0 Å². The van der Waals surface area contributed by atoms with E-state index in [1.807, 2.05) is 0 Å². The maximum atomic E-state index is 11.5. The molecule has 6 nitrogen and oxygen atoms in total. The van der Waals surface area contributed by atoms with Crippen molar-refractivity contribution in [2.24, 2.45) is 0 Å². The number of carboxylic acid groups (broad SMARTS) is 1. The first kappa shape index (κ1) is 11.1. The van der Waals surface area contributed by atoms with E-state index in [9.17, 15) is 14.4 Å². The number of carbonyl (C=O) groups excluding carboxylic acids is 2. The van der Waals surface area contributed by atoms with Gasteiger partial charge in [-0.3, -0.25) is 24.6 Å². The Labute approximate surface area is 92.6 Å². The molecule has 0 spiro atoms. The minimum Gasteiger partial charge on any atom is -0.480 e. The smallest absolute Gasteiger partial charge is 0.320 e. The number of aliphatic carboxylic acids is 1. The molecule has 16 heavy (non-hydrogen) atoms. The van der Waals surface area contributed by atoms with Crippen LogP contribution < -0.4 is 5.32 Å². The molecule has 2 amide bonds. The molecule has 2 heterocycles. The molecule has 2 aliphatic heterocycles. The zero-order valence-corrected chi connectivity index (χ0v) is 8.81. The lowest BCUT2D eigenvalue weighted by molar-refractivity contribution is -0.146. The van der Waals surface area contributed by atoms with Gasteiger partial charge in [-0.15, -0.1) is 0 Å². The Morgan fingerprint density at radius 1 is 1.38 bits per heavy atom. The minimum atomic E-state index is -0.910. The third kappa shape index (κ3) is 1.92. The maximum Gasteiger partial charge on any atom is 0.320 e. The Hall–Kier alpha value is -1.43. The van der Waals surface area contributed by atoms with Gasteiger partial charge in [0.05, 0.1) is 12.5 Å². The highest BCUT2D eigenvalue weighted by Gasteiger charge is 2.41. The summed E-state index contributed by atoms with van der Waals surface area (Å²) in [6.07, 6.45) is 2.37. The van der Waals surface area contributed by atoms with Gasteiger partial charge < -0.3 is 5.11 Å². The molecule has 0 radical (unpaired) electrons. The van der Waals surface area contributed by atoms with Crippen molar-refractivity contribution in [1.82, 2.24) is 10.2 Å². The van der Waals surface area contributed by atoms with Crippen LogP contribution in [-0.4, -0.2) is 46.4 Å². The van der Waals surface area contributed by atoms with Gasteiger partial charge in [0.15, 0.2) is 0 Å². The zero-order valence-electron chi connectivity index (χ0n) is 8.81. The van der Waals surface area contributed by atoms with Crippen LogP contribution in [0.25, 0.3) is 0 Å². The summed E-state index contributed by atoms with van der Waals surface area (Å²) in [7, 11) is 0. The number of carboxylic acids is 1. The van der Waals surface area contributed by atoms with Crippen LogP contribution in [0.1, 0.15) is 25.7 Å². The fraction of sp³-hybridized carbons (Fsp3) is 0.700. The summed E-state index contributed by atoms with van der Waals surface area (Å²) in [6, 6.07) is -1.22. The first-order valence-corrected chi connectivity index (χ1v) is 5.42. The lowest BCUT2D eigenvalue weighted by Gasteiger charge is -2.35. The lowest BCUT2D eigenvalue weighted by Crippen LogP contribution is -2.52. The molecular formula is C10H14N2O4. The van der Waals surface area contributed by atoms with Gasteiger partial charge in [-0.2, -0.15) is 0 Å². The van der Waals surface area contributed by atoms with E-state index in [-0.39, 0.29) is 18.2 Å². The average Bonchev–Trinajstić information content (AvgIpc) is 2.57. The highest BCUT2D eigenvalue weighted by Crippen LogP contribution is 2.23. The van der Waals surface area contributed by atoms with Crippen LogP contribution in [0.15, 0.2) is 0 Å². The van der Waals surface area contributed by atoms with Crippen LogP contribution in [0.5, 0.6) is 0 Å². The molecule has 2 atom stereocenters. The van der Waals surface area contributed by atoms with E-state index in [4.69, 9.17) is 5.11 Å². The predicted molar refractivity (Wildman–Crippen MR) is 53.5 cm³/mol. The van der Waals surface area contributed by atoms with Crippen LogP contribution in [0.4, 0.5) is 0 Å². The maximum absolute atomic E-state index is 11.5. The second kappa shape index (κ2) is 4.21. The Kier molecular flexibility index (Phi) is 2.91. The highest BCUT2D eigenvalue weighted by atomic mass is 16.4. The summed E-state index contributed by atoms with van der Waals surface area (Å²) in [4.78, 5) is 35.3. The molecule has 0 aliphatic carbocycles.